The van der Waals surface area contributed by atoms with Gasteiger partial charge in [-0.05, 0) is 13.0 Å². The van der Waals surface area contributed by atoms with Crippen LogP contribution < -0.4 is 4.72 Å². The van der Waals surface area contributed by atoms with Gasteiger partial charge in [-0.2, -0.15) is 0 Å². The molecule has 0 aliphatic rings. The zero-order valence-corrected chi connectivity index (χ0v) is 12.8. The SMILES string of the molecule is CC(CNS(=O)(=O)c1cnc(Cl)c(Cl)c1)S(C)=O. The van der Waals surface area contributed by atoms with Crippen molar-refractivity contribution >= 4 is 44.0 Å². The third kappa shape index (κ3) is 4.17. The van der Waals surface area contributed by atoms with Crippen LogP contribution in [-0.2, 0) is 20.8 Å². The van der Waals surface area contributed by atoms with Crippen molar-refractivity contribution in [3.63, 3.8) is 0 Å². The average molecular weight is 331 g/mol. The van der Waals surface area contributed by atoms with Gasteiger partial charge in [-0.1, -0.05) is 23.2 Å². The van der Waals surface area contributed by atoms with Gasteiger partial charge in [-0.3, -0.25) is 4.21 Å². The summed E-state index contributed by atoms with van der Waals surface area (Å²) in [6.07, 6.45) is 2.63. The molecule has 0 bridgehead atoms. The second kappa shape index (κ2) is 6.29. The molecule has 9 heteroatoms. The highest BCUT2D eigenvalue weighted by molar-refractivity contribution is 7.89. The van der Waals surface area contributed by atoms with E-state index in [1.807, 2.05) is 0 Å². The van der Waals surface area contributed by atoms with Crippen LogP contribution in [0.3, 0.4) is 0 Å². The number of sulfonamides is 1. The Hall–Kier alpha value is -0.210. The molecule has 1 N–H and O–H groups in total. The molecule has 1 rings (SSSR count). The second-order valence-electron chi connectivity index (χ2n) is 3.60. The van der Waals surface area contributed by atoms with Crippen LogP contribution in [0.15, 0.2) is 17.2 Å². The molecule has 2 atom stereocenters. The first-order chi connectivity index (χ1) is 8.24. The first kappa shape index (κ1) is 15.8. The molecule has 0 aliphatic carbocycles. The molecule has 102 valence electrons. The van der Waals surface area contributed by atoms with Gasteiger partial charge in [-0.25, -0.2) is 18.1 Å². The smallest absolute Gasteiger partial charge is 0.242 e. The summed E-state index contributed by atoms with van der Waals surface area (Å²) in [5.74, 6) is 0. The van der Waals surface area contributed by atoms with Gasteiger partial charge in [0.15, 0.2) is 0 Å². The maximum absolute atomic E-state index is 11.9. The quantitative estimate of drug-likeness (QED) is 0.828. The first-order valence-electron chi connectivity index (χ1n) is 4.87. The molecule has 0 saturated carbocycles. The molecular formula is C9H12Cl2N2O3S2. The average Bonchev–Trinajstić information content (AvgIpc) is 2.29. The summed E-state index contributed by atoms with van der Waals surface area (Å²) in [7, 11) is -4.82. The van der Waals surface area contributed by atoms with Gasteiger partial charge in [0.1, 0.15) is 10.0 Å². The van der Waals surface area contributed by atoms with E-state index >= 15 is 0 Å². The summed E-state index contributed by atoms with van der Waals surface area (Å²) < 4.78 is 37.2. The number of nitrogens with one attached hydrogen (secondary N) is 1. The van der Waals surface area contributed by atoms with Crippen LogP contribution in [0.1, 0.15) is 6.92 Å². The summed E-state index contributed by atoms with van der Waals surface area (Å²) in [6, 6.07) is 1.22. The van der Waals surface area contributed by atoms with Crippen LogP contribution in [0.5, 0.6) is 0 Å². The van der Waals surface area contributed by atoms with E-state index in [4.69, 9.17) is 23.2 Å². The van der Waals surface area contributed by atoms with Crippen molar-refractivity contribution in [1.82, 2.24) is 9.71 Å². The van der Waals surface area contributed by atoms with Crippen LogP contribution in [0.2, 0.25) is 10.2 Å². The molecule has 0 radical (unpaired) electrons. The van der Waals surface area contributed by atoms with Crippen molar-refractivity contribution in [2.75, 3.05) is 12.8 Å². The Morgan fingerprint density at radius 2 is 2.11 bits per heavy atom. The molecule has 0 spiro atoms. The summed E-state index contributed by atoms with van der Waals surface area (Å²) >= 11 is 11.3. The maximum Gasteiger partial charge on any atom is 0.242 e. The Morgan fingerprint density at radius 3 is 2.61 bits per heavy atom. The molecular weight excluding hydrogens is 319 g/mol. The molecule has 2 unspecified atom stereocenters. The molecule has 5 nitrogen and oxygen atoms in total. The highest BCUT2D eigenvalue weighted by Gasteiger charge is 2.18. The van der Waals surface area contributed by atoms with E-state index in [0.717, 1.165) is 6.20 Å². The minimum absolute atomic E-state index is 0.0404. The molecule has 0 saturated heterocycles. The van der Waals surface area contributed by atoms with Crippen molar-refractivity contribution in [3.05, 3.63) is 22.4 Å². The lowest BCUT2D eigenvalue weighted by molar-refractivity contribution is 0.580. The number of rotatable bonds is 5. The first-order valence-corrected chi connectivity index (χ1v) is 8.73. The van der Waals surface area contributed by atoms with Crippen LogP contribution in [-0.4, -0.2) is 35.7 Å². The molecule has 1 heterocycles. The van der Waals surface area contributed by atoms with Gasteiger partial charge in [0.25, 0.3) is 0 Å². The van der Waals surface area contributed by atoms with Crippen molar-refractivity contribution in [1.29, 1.82) is 0 Å². The molecule has 0 aliphatic heterocycles. The number of halogens is 2. The largest absolute Gasteiger partial charge is 0.260 e. The lowest BCUT2D eigenvalue weighted by Crippen LogP contribution is -2.32. The predicted molar refractivity (Wildman–Crippen MR) is 73.0 cm³/mol. The van der Waals surface area contributed by atoms with Crippen molar-refractivity contribution in [3.8, 4) is 0 Å². The Morgan fingerprint density at radius 1 is 1.50 bits per heavy atom. The molecule has 18 heavy (non-hydrogen) atoms. The topological polar surface area (TPSA) is 76.1 Å². The van der Waals surface area contributed by atoms with Crippen molar-refractivity contribution in [2.24, 2.45) is 0 Å². The lowest BCUT2D eigenvalue weighted by atomic mass is 10.5. The van der Waals surface area contributed by atoms with E-state index in [9.17, 15) is 12.6 Å². The number of pyridine rings is 1. The summed E-state index contributed by atoms with van der Waals surface area (Å²) in [5.41, 5.74) is 0. The minimum atomic E-state index is -3.72. The molecule has 1 aromatic rings. The minimum Gasteiger partial charge on any atom is -0.260 e. The normalized spacial score (nSPS) is 15.3. The maximum atomic E-state index is 11.9. The third-order valence-electron chi connectivity index (χ3n) is 2.21. The number of nitrogens with zero attached hydrogens (tertiary/aromatic N) is 1. The zero-order valence-electron chi connectivity index (χ0n) is 9.68. The number of hydrogen-bond acceptors (Lipinski definition) is 4. The van der Waals surface area contributed by atoms with E-state index in [-0.39, 0.29) is 26.9 Å². The fourth-order valence-corrected chi connectivity index (χ4v) is 2.84. The van der Waals surface area contributed by atoms with Crippen LogP contribution >= 0.6 is 23.2 Å². The summed E-state index contributed by atoms with van der Waals surface area (Å²) in [4.78, 5) is 3.58. The van der Waals surface area contributed by atoms with Gasteiger partial charge in [-0.15, -0.1) is 0 Å². The molecule has 0 aromatic carbocycles. The van der Waals surface area contributed by atoms with Crippen molar-refractivity contribution in [2.45, 2.75) is 17.1 Å². The summed E-state index contributed by atoms with van der Waals surface area (Å²) in [6.45, 7) is 1.76. The third-order valence-corrected chi connectivity index (χ3v) is 5.59. The van der Waals surface area contributed by atoms with E-state index in [1.165, 1.54) is 12.3 Å². The van der Waals surface area contributed by atoms with Crippen LogP contribution in [0.4, 0.5) is 0 Å². The standard InChI is InChI=1S/C9H12Cl2N2O3S2/c1-6(17(2)14)4-13-18(15,16)7-3-8(10)9(11)12-5-7/h3,5-6,13H,4H2,1-2H3. The van der Waals surface area contributed by atoms with Gasteiger partial charge in [0.05, 0.1) is 5.02 Å². The Labute approximate surface area is 118 Å². The van der Waals surface area contributed by atoms with Gasteiger partial charge < -0.3 is 0 Å². The van der Waals surface area contributed by atoms with Gasteiger partial charge in [0.2, 0.25) is 10.0 Å². The fourth-order valence-electron chi connectivity index (χ4n) is 0.978. The Kier molecular flexibility index (Phi) is 5.54. The second-order valence-corrected chi connectivity index (χ2v) is 7.94. The molecule has 1 aromatic heterocycles. The van der Waals surface area contributed by atoms with E-state index in [0.29, 0.717) is 0 Å². The fraction of sp³-hybridized carbons (Fsp3) is 0.444. The van der Waals surface area contributed by atoms with E-state index in [2.05, 4.69) is 9.71 Å². The monoisotopic (exact) mass is 330 g/mol. The highest BCUT2D eigenvalue weighted by Crippen LogP contribution is 2.21. The Bertz CT molecular complexity index is 563. The van der Waals surface area contributed by atoms with Crippen molar-refractivity contribution < 1.29 is 12.6 Å². The zero-order chi connectivity index (χ0) is 13.9. The van der Waals surface area contributed by atoms with E-state index < -0.39 is 20.8 Å². The van der Waals surface area contributed by atoms with Crippen LogP contribution in [0, 0.1) is 0 Å². The predicted octanol–water partition coefficient (Wildman–Crippen LogP) is 1.43. The lowest BCUT2D eigenvalue weighted by Gasteiger charge is -2.10. The number of hydrogen-bond donors (Lipinski definition) is 1. The highest BCUT2D eigenvalue weighted by atomic mass is 35.5. The van der Waals surface area contributed by atoms with Gasteiger partial charge >= 0.3 is 0 Å². The van der Waals surface area contributed by atoms with Crippen LogP contribution in [0.25, 0.3) is 0 Å². The Balaban J connectivity index is 2.87. The molecule has 0 amide bonds. The molecule has 0 fully saturated rings. The van der Waals surface area contributed by atoms with E-state index in [1.54, 1.807) is 6.92 Å². The number of aromatic nitrogens is 1. The summed E-state index contributed by atoms with van der Waals surface area (Å²) in [5, 5.41) is -0.180. The van der Waals surface area contributed by atoms with Gasteiger partial charge in [0, 0.05) is 35.0 Å².